The van der Waals surface area contributed by atoms with E-state index in [9.17, 15) is 14.7 Å². The molecule has 1 rings (SSSR count). The van der Waals surface area contributed by atoms with Crippen molar-refractivity contribution in [3.63, 3.8) is 0 Å². The summed E-state index contributed by atoms with van der Waals surface area (Å²) in [5.41, 5.74) is 1.16. The molecule has 22 heavy (non-hydrogen) atoms. The molecule has 0 saturated carbocycles. The first-order valence-electron chi connectivity index (χ1n) is 8.14. The summed E-state index contributed by atoms with van der Waals surface area (Å²) >= 11 is 0. The second-order valence-electron chi connectivity index (χ2n) is 6.43. The van der Waals surface area contributed by atoms with Crippen molar-refractivity contribution in [2.75, 3.05) is 0 Å². The molecule has 1 fully saturated rings. The second kappa shape index (κ2) is 8.76. The number of aliphatic hydroxyl groups is 1. The topological polar surface area (TPSA) is 63.6 Å². The van der Waals surface area contributed by atoms with Crippen LogP contribution in [0.2, 0.25) is 0 Å². The number of ether oxygens (including phenoxy) is 1. The van der Waals surface area contributed by atoms with E-state index < -0.39 is 5.97 Å². The van der Waals surface area contributed by atoms with Crippen LogP contribution >= 0.6 is 0 Å². The minimum atomic E-state index is -0.663. The summed E-state index contributed by atoms with van der Waals surface area (Å²) in [6.07, 6.45) is 5.73. The number of hydrogen-bond acceptors (Lipinski definition) is 4. The average molecular weight is 308 g/mol. The predicted molar refractivity (Wildman–Crippen MR) is 86.5 cm³/mol. The van der Waals surface area contributed by atoms with Gasteiger partial charge in [-0.15, -0.1) is 0 Å². The van der Waals surface area contributed by atoms with E-state index in [1.165, 1.54) is 5.57 Å². The zero-order chi connectivity index (χ0) is 16.7. The molecule has 124 valence electrons. The molecule has 2 unspecified atom stereocenters. The largest absolute Gasteiger partial charge is 0.511 e. The standard InChI is InChI=1S/C18H28O4/c1-5-7-15(19)17-16(20)11-14(22-18(17)21)10-13(4)9-6-8-12(2)3/h8,13-14,19H,5-7,9-11H2,1-4H3. The Morgan fingerprint density at radius 2 is 2.09 bits per heavy atom. The number of Topliss-reactive ketones (excluding diaryl/α,β-unsaturated/α-hetero) is 1. The van der Waals surface area contributed by atoms with Gasteiger partial charge < -0.3 is 9.84 Å². The highest BCUT2D eigenvalue weighted by atomic mass is 16.5. The van der Waals surface area contributed by atoms with Crippen LogP contribution in [0, 0.1) is 5.92 Å². The number of allylic oxidation sites excluding steroid dienone is 3. The molecular formula is C18H28O4. The van der Waals surface area contributed by atoms with Crippen LogP contribution in [0.15, 0.2) is 23.0 Å². The van der Waals surface area contributed by atoms with Gasteiger partial charge in [-0.25, -0.2) is 4.79 Å². The summed E-state index contributed by atoms with van der Waals surface area (Å²) in [4.78, 5) is 24.0. The van der Waals surface area contributed by atoms with Gasteiger partial charge in [-0.2, -0.15) is 0 Å². The Balaban J connectivity index is 2.57. The fraction of sp³-hybridized carbons (Fsp3) is 0.667. The number of rotatable bonds is 7. The summed E-state index contributed by atoms with van der Waals surface area (Å²) in [7, 11) is 0. The van der Waals surface area contributed by atoms with Gasteiger partial charge in [-0.3, -0.25) is 4.79 Å². The van der Waals surface area contributed by atoms with Crippen LogP contribution in [0.4, 0.5) is 0 Å². The van der Waals surface area contributed by atoms with E-state index in [1.54, 1.807) is 0 Å². The van der Waals surface area contributed by atoms with Crippen LogP contribution < -0.4 is 0 Å². The first kappa shape index (κ1) is 18.5. The van der Waals surface area contributed by atoms with Crippen LogP contribution in [0.1, 0.15) is 66.2 Å². The monoisotopic (exact) mass is 308 g/mol. The zero-order valence-electron chi connectivity index (χ0n) is 14.1. The molecule has 0 aromatic heterocycles. The highest BCUT2D eigenvalue weighted by Crippen LogP contribution is 2.26. The van der Waals surface area contributed by atoms with Crippen molar-refractivity contribution in [3.8, 4) is 0 Å². The molecule has 1 heterocycles. The number of hydrogen-bond donors (Lipinski definition) is 1. The lowest BCUT2D eigenvalue weighted by atomic mass is 9.91. The Morgan fingerprint density at radius 1 is 1.41 bits per heavy atom. The van der Waals surface area contributed by atoms with Crippen LogP contribution in [0.5, 0.6) is 0 Å². The lowest BCUT2D eigenvalue weighted by Crippen LogP contribution is -2.34. The summed E-state index contributed by atoms with van der Waals surface area (Å²) in [6, 6.07) is 0. The molecule has 0 spiro atoms. The van der Waals surface area contributed by atoms with Gasteiger partial charge in [0.15, 0.2) is 5.78 Å². The van der Waals surface area contributed by atoms with Gasteiger partial charge in [0, 0.05) is 12.8 Å². The van der Waals surface area contributed by atoms with E-state index in [-0.39, 0.29) is 29.6 Å². The van der Waals surface area contributed by atoms with E-state index in [4.69, 9.17) is 4.74 Å². The van der Waals surface area contributed by atoms with Crippen molar-refractivity contribution >= 4 is 11.8 Å². The molecule has 0 aliphatic carbocycles. The third kappa shape index (κ3) is 5.66. The van der Waals surface area contributed by atoms with E-state index in [2.05, 4.69) is 26.8 Å². The average Bonchev–Trinajstić information content (AvgIpc) is 2.37. The van der Waals surface area contributed by atoms with Crippen LogP contribution in [-0.4, -0.2) is 23.0 Å². The van der Waals surface area contributed by atoms with Gasteiger partial charge in [0.1, 0.15) is 17.4 Å². The molecule has 4 nitrogen and oxygen atoms in total. The number of cyclic esters (lactones) is 1. The van der Waals surface area contributed by atoms with Crippen molar-refractivity contribution < 1.29 is 19.4 Å². The molecule has 4 heteroatoms. The summed E-state index contributed by atoms with van der Waals surface area (Å²) < 4.78 is 5.34. The Labute approximate surface area is 133 Å². The maximum absolute atomic E-state index is 12.1. The number of ketones is 1. The Morgan fingerprint density at radius 3 is 2.64 bits per heavy atom. The molecule has 1 aliphatic heterocycles. The predicted octanol–water partition coefficient (Wildman–Crippen LogP) is 4.26. The highest BCUT2D eigenvalue weighted by Gasteiger charge is 2.34. The molecule has 2 atom stereocenters. The number of aliphatic hydroxyl groups excluding tert-OH is 1. The van der Waals surface area contributed by atoms with Crippen LogP contribution in [0.25, 0.3) is 0 Å². The van der Waals surface area contributed by atoms with Crippen molar-refractivity contribution in [2.24, 2.45) is 5.92 Å². The second-order valence-corrected chi connectivity index (χ2v) is 6.43. The van der Waals surface area contributed by atoms with Gasteiger partial charge in [0.25, 0.3) is 0 Å². The first-order valence-corrected chi connectivity index (χ1v) is 8.14. The number of carbonyl (C=O) groups is 2. The molecule has 0 aromatic carbocycles. The summed E-state index contributed by atoms with van der Waals surface area (Å²) in [5.74, 6) is -0.698. The number of carbonyl (C=O) groups excluding carboxylic acids is 2. The maximum Gasteiger partial charge on any atom is 0.345 e. The third-order valence-corrected chi connectivity index (χ3v) is 3.82. The van der Waals surface area contributed by atoms with Crippen molar-refractivity contribution in [2.45, 2.75) is 72.3 Å². The van der Waals surface area contributed by atoms with Gasteiger partial charge >= 0.3 is 5.97 Å². The lowest BCUT2D eigenvalue weighted by Gasteiger charge is -2.26. The molecule has 0 bridgehead atoms. The van der Waals surface area contributed by atoms with Crippen LogP contribution in [0.3, 0.4) is 0 Å². The summed E-state index contributed by atoms with van der Waals surface area (Å²) in [6.45, 7) is 8.13. The zero-order valence-corrected chi connectivity index (χ0v) is 14.1. The molecule has 1 N–H and O–H groups in total. The van der Waals surface area contributed by atoms with Gasteiger partial charge in [0.2, 0.25) is 0 Å². The Kier molecular flexibility index (Phi) is 7.36. The maximum atomic E-state index is 12.1. The summed E-state index contributed by atoms with van der Waals surface area (Å²) in [5, 5.41) is 9.80. The van der Waals surface area contributed by atoms with Gasteiger partial charge in [-0.05, 0) is 45.4 Å². The highest BCUT2D eigenvalue weighted by molar-refractivity contribution is 6.19. The van der Waals surface area contributed by atoms with E-state index >= 15 is 0 Å². The number of esters is 1. The van der Waals surface area contributed by atoms with Gasteiger partial charge in [0.05, 0.1) is 0 Å². The first-order chi connectivity index (χ1) is 10.3. The molecular weight excluding hydrogens is 280 g/mol. The van der Waals surface area contributed by atoms with Crippen molar-refractivity contribution in [1.29, 1.82) is 0 Å². The van der Waals surface area contributed by atoms with E-state index in [0.29, 0.717) is 25.2 Å². The fourth-order valence-corrected chi connectivity index (χ4v) is 2.67. The van der Waals surface area contributed by atoms with Gasteiger partial charge in [-0.1, -0.05) is 25.5 Å². The molecule has 0 aromatic rings. The normalized spacial score (nSPS) is 22.1. The molecule has 0 amide bonds. The van der Waals surface area contributed by atoms with Crippen molar-refractivity contribution in [1.82, 2.24) is 0 Å². The lowest BCUT2D eigenvalue weighted by molar-refractivity contribution is -0.152. The minimum Gasteiger partial charge on any atom is -0.511 e. The SMILES string of the molecule is CCCC(O)=C1C(=O)CC(CC(C)CCC=C(C)C)OC1=O. The molecule has 0 radical (unpaired) electrons. The van der Waals surface area contributed by atoms with Crippen molar-refractivity contribution in [3.05, 3.63) is 23.0 Å². The molecule has 1 aliphatic rings. The minimum absolute atomic E-state index is 0.132. The smallest absolute Gasteiger partial charge is 0.345 e. The fourth-order valence-electron chi connectivity index (χ4n) is 2.67. The Hall–Kier alpha value is -1.58. The Bertz CT molecular complexity index is 449. The van der Waals surface area contributed by atoms with E-state index in [0.717, 1.165) is 12.8 Å². The third-order valence-electron chi connectivity index (χ3n) is 3.82. The molecule has 1 saturated heterocycles. The van der Waals surface area contributed by atoms with Crippen LogP contribution in [-0.2, 0) is 14.3 Å². The quantitative estimate of drug-likeness (QED) is 0.251. The van der Waals surface area contributed by atoms with E-state index in [1.807, 2.05) is 6.92 Å².